The van der Waals surface area contributed by atoms with E-state index in [1.54, 1.807) is 33.5 Å². The highest BCUT2D eigenvalue weighted by atomic mass is 16.5. The molecule has 1 fully saturated rings. The van der Waals surface area contributed by atoms with Crippen molar-refractivity contribution in [3.63, 3.8) is 0 Å². The highest BCUT2D eigenvalue weighted by molar-refractivity contribution is 5.80. The maximum atomic E-state index is 12.9. The van der Waals surface area contributed by atoms with Crippen LogP contribution in [-0.2, 0) is 18.4 Å². The molecule has 0 aliphatic carbocycles. The molecule has 1 N–H and O–H groups in total. The zero-order valence-corrected chi connectivity index (χ0v) is 18.5. The Morgan fingerprint density at radius 1 is 1.22 bits per heavy atom. The molecule has 9 heteroatoms. The molecule has 1 amide bonds. The Hall–Kier alpha value is -3.62. The molecule has 0 unspecified atom stereocenters. The average Bonchev–Trinajstić information content (AvgIpc) is 2.84. The Balaban J connectivity index is 1.49. The van der Waals surface area contributed by atoms with Crippen molar-refractivity contribution in [2.24, 2.45) is 13.0 Å². The van der Waals surface area contributed by atoms with Crippen LogP contribution in [0.5, 0.6) is 11.5 Å². The van der Waals surface area contributed by atoms with E-state index < -0.39 is 0 Å². The van der Waals surface area contributed by atoms with Crippen LogP contribution in [-0.4, -0.2) is 47.8 Å². The number of para-hydroxylation sites is 1. The summed E-state index contributed by atoms with van der Waals surface area (Å²) in [6.45, 7) is 1.45. The fourth-order valence-corrected chi connectivity index (χ4v) is 4.15. The number of aromatic nitrogens is 3. The third-order valence-electron chi connectivity index (χ3n) is 5.84. The molecule has 3 heterocycles. The van der Waals surface area contributed by atoms with E-state index in [0.29, 0.717) is 48.1 Å². The Kier molecular flexibility index (Phi) is 6.25. The SMILES string of the molecule is COc1cccc(CNC(=O)[C@@H]2CCCN(c3nc4cccnc4n(C)c3=O)C2)c1OC. The Labute approximate surface area is 186 Å². The van der Waals surface area contributed by atoms with Crippen molar-refractivity contribution < 1.29 is 14.3 Å². The van der Waals surface area contributed by atoms with Crippen LogP contribution in [0.4, 0.5) is 5.82 Å². The predicted molar refractivity (Wildman–Crippen MR) is 121 cm³/mol. The van der Waals surface area contributed by atoms with E-state index in [-0.39, 0.29) is 17.4 Å². The molecule has 1 saturated heterocycles. The van der Waals surface area contributed by atoms with Crippen molar-refractivity contribution in [1.29, 1.82) is 0 Å². The molecule has 9 nitrogen and oxygen atoms in total. The number of fused-ring (bicyclic) bond motifs is 1. The minimum atomic E-state index is -0.239. The number of benzene rings is 1. The number of pyridine rings is 1. The molecular weight excluding hydrogens is 410 g/mol. The molecule has 0 saturated carbocycles. The summed E-state index contributed by atoms with van der Waals surface area (Å²) >= 11 is 0. The van der Waals surface area contributed by atoms with Gasteiger partial charge in [0.1, 0.15) is 5.52 Å². The zero-order chi connectivity index (χ0) is 22.7. The first-order chi connectivity index (χ1) is 15.5. The van der Waals surface area contributed by atoms with E-state index in [1.165, 1.54) is 4.57 Å². The molecule has 32 heavy (non-hydrogen) atoms. The number of carbonyl (C=O) groups is 1. The van der Waals surface area contributed by atoms with E-state index >= 15 is 0 Å². The monoisotopic (exact) mass is 437 g/mol. The summed E-state index contributed by atoms with van der Waals surface area (Å²) in [5.41, 5.74) is 1.82. The lowest BCUT2D eigenvalue weighted by atomic mass is 9.97. The number of methoxy groups -OCH3 is 2. The predicted octanol–water partition coefficient (Wildman–Crippen LogP) is 1.88. The third-order valence-corrected chi connectivity index (χ3v) is 5.84. The topological polar surface area (TPSA) is 98.6 Å². The van der Waals surface area contributed by atoms with Gasteiger partial charge in [-0.1, -0.05) is 12.1 Å². The van der Waals surface area contributed by atoms with Crippen molar-refractivity contribution >= 4 is 22.9 Å². The molecule has 0 bridgehead atoms. The number of hydrogen-bond acceptors (Lipinski definition) is 7. The Morgan fingerprint density at radius 2 is 2.06 bits per heavy atom. The van der Waals surface area contributed by atoms with Gasteiger partial charge in [0.05, 0.1) is 20.1 Å². The second-order valence-corrected chi connectivity index (χ2v) is 7.80. The first-order valence-electron chi connectivity index (χ1n) is 10.6. The quantitative estimate of drug-likeness (QED) is 0.629. The van der Waals surface area contributed by atoms with Gasteiger partial charge < -0.3 is 19.7 Å². The number of rotatable bonds is 6. The fraction of sp³-hybridized carbons (Fsp3) is 0.391. The maximum absolute atomic E-state index is 12.9. The van der Waals surface area contributed by atoms with Gasteiger partial charge >= 0.3 is 0 Å². The summed E-state index contributed by atoms with van der Waals surface area (Å²) in [5.74, 6) is 1.30. The highest BCUT2D eigenvalue weighted by Crippen LogP contribution is 2.30. The molecule has 0 spiro atoms. The summed E-state index contributed by atoms with van der Waals surface area (Å²) in [6.07, 6.45) is 3.20. The van der Waals surface area contributed by atoms with E-state index in [2.05, 4.69) is 15.3 Å². The molecule has 2 aromatic heterocycles. The van der Waals surface area contributed by atoms with Crippen LogP contribution in [0, 0.1) is 5.92 Å². The number of aryl methyl sites for hydroxylation is 1. The summed E-state index contributed by atoms with van der Waals surface area (Å²) in [6, 6.07) is 9.20. The summed E-state index contributed by atoms with van der Waals surface area (Å²) in [5, 5.41) is 3.01. The number of amides is 1. The van der Waals surface area contributed by atoms with Crippen LogP contribution >= 0.6 is 0 Å². The van der Waals surface area contributed by atoms with Crippen molar-refractivity contribution in [3.8, 4) is 11.5 Å². The van der Waals surface area contributed by atoms with Gasteiger partial charge in [0.2, 0.25) is 5.91 Å². The maximum Gasteiger partial charge on any atom is 0.294 e. The van der Waals surface area contributed by atoms with Crippen LogP contribution in [0.15, 0.2) is 41.3 Å². The second kappa shape index (κ2) is 9.25. The van der Waals surface area contributed by atoms with Crippen LogP contribution in [0.2, 0.25) is 0 Å². The number of piperidine rings is 1. The smallest absolute Gasteiger partial charge is 0.294 e. The second-order valence-electron chi connectivity index (χ2n) is 7.80. The summed E-state index contributed by atoms with van der Waals surface area (Å²) < 4.78 is 12.3. The third kappa shape index (κ3) is 4.10. The van der Waals surface area contributed by atoms with Gasteiger partial charge in [-0.15, -0.1) is 0 Å². The molecule has 168 valence electrons. The van der Waals surface area contributed by atoms with E-state index in [0.717, 1.165) is 18.4 Å². The lowest BCUT2D eigenvalue weighted by Gasteiger charge is -2.32. The van der Waals surface area contributed by atoms with Crippen LogP contribution in [0.3, 0.4) is 0 Å². The van der Waals surface area contributed by atoms with Crippen LogP contribution in [0.25, 0.3) is 11.2 Å². The molecule has 4 rings (SSSR count). The Bertz CT molecular complexity index is 1190. The van der Waals surface area contributed by atoms with Gasteiger partial charge in [-0.05, 0) is 31.0 Å². The first-order valence-corrected chi connectivity index (χ1v) is 10.6. The van der Waals surface area contributed by atoms with E-state index in [4.69, 9.17) is 9.47 Å². The minimum absolute atomic E-state index is 0.0566. The van der Waals surface area contributed by atoms with Crippen LogP contribution < -0.4 is 25.2 Å². The number of nitrogens with one attached hydrogen (secondary N) is 1. The van der Waals surface area contributed by atoms with Crippen molar-refractivity contribution in [2.45, 2.75) is 19.4 Å². The molecular formula is C23H27N5O4. The first kappa shape index (κ1) is 21.6. The molecule has 1 aliphatic rings. The largest absolute Gasteiger partial charge is 0.493 e. The lowest BCUT2D eigenvalue weighted by molar-refractivity contribution is -0.125. The number of hydrogen-bond donors (Lipinski definition) is 1. The normalized spacial score (nSPS) is 16.1. The molecule has 1 aliphatic heterocycles. The van der Waals surface area contributed by atoms with E-state index in [9.17, 15) is 9.59 Å². The zero-order valence-electron chi connectivity index (χ0n) is 18.5. The van der Waals surface area contributed by atoms with Gasteiger partial charge in [-0.2, -0.15) is 0 Å². The van der Waals surface area contributed by atoms with E-state index in [1.807, 2.05) is 29.2 Å². The van der Waals surface area contributed by atoms with Crippen molar-refractivity contribution in [1.82, 2.24) is 19.9 Å². The summed E-state index contributed by atoms with van der Waals surface area (Å²) in [4.78, 5) is 36.6. The molecule has 3 aromatic rings. The number of ether oxygens (including phenoxy) is 2. The van der Waals surface area contributed by atoms with Gasteiger partial charge in [0, 0.05) is 38.4 Å². The van der Waals surface area contributed by atoms with Crippen LogP contribution in [0.1, 0.15) is 18.4 Å². The average molecular weight is 438 g/mol. The van der Waals surface area contributed by atoms with Gasteiger partial charge in [0.15, 0.2) is 23.0 Å². The van der Waals surface area contributed by atoms with Gasteiger partial charge in [-0.25, -0.2) is 9.97 Å². The number of carbonyl (C=O) groups excluding carboxylic acids is 1. The van der Waals surface area contributed by atoms with Crippen molar-refractivity contribution in [3.05, 3.63) is 52.4 Å². The standard InChI is InChI=1S/C23H27N5O4/c1-27-20-17(9-5-11-24-20)26-21(23(27)30)28-12-6-8-16(14-28)22(29)25-13-15-7-4-10-18(31-2)19(15)32-3/h4-5,7,9-11,16H,6,8,12-14H2,1-3H3,(H,25,29)/t16-/m1/s1. The number of anilines is 1. The molecule has 0 radical (unpaired) electrons. The fourth-order valence-electron chi connectivity index (χ4n) is 4.15. The highest BCUT2D eigenvalue weighted by Gasteiger charge is 2.28. The summed E-state index contributed by atoms with van der Waals surface area (Å²) in [7, 11) is 4.85. The molecule has 1 atom stereocenters. The lowest BCUT2D eigenvalue weighted by Crippen LogP contribution is -2.45. The Morgan fingerprint density at radius 3 is 2.84 bits per heavy atom. The van der Waals surface area contributed by atoms with Gasteiger partial charge in [-0.3, -0.25) is 14.2 Å². The van der Waals surface area contributed by atoms with Gasteiger partial charge in [0.25, 0.3) is 5.56 Å². The molecule has 1 aromatic carbocycles. The minimum Gasteiger partial charge on any atom is -0.493 e. The number of nitrogens with zero attached hydrogens (tertiary/aromatic N) is 4. The van der Waals surface area contributed by atoms with Crippen molar-refractivity contribution in [2.75, 3.05) is 32.2 Å².